The summed E-state index contributed by atoms with van der Waals surface area (Å²) in [5, 5.41) is 18.0. The highest BCUT2D eigenvalue weighted by molar-refractivity contribution is 6.30. The summed E-state index contributed by atoms with van der Waals surface area (Å²) in [7, 11) is 3.02. The Morgan fingerprint density at radius 1 is 1.11 bits per heavy atom. The number of carbonyl (C=O) groups excluding carboxylic acids is 1. The normalized spacial score (nSPS) is 11.7. The van der Waals surface area contributed by atoms with Crippen molar-refractivity contribution in [2.24, 2.45) is 0 Å². The van der Waals surface area contributed by atoms with Gasteiger partial charge in [0.15, 0.2) is 23.0 Å². The maximum atomic E-state index is 12.8. The number of furan rings is 1. The predicted octanol–water partition coefficient (Wildman–Crippen LogP) is 3.97. The molecule has 0 radical (unpaired) electrons. The van der Waals surface area contributed by atoms with E-state index in [1.807, 2.05) is 6.07 Å². The molecule has 1 atom stereocenters. The third-order valence-corrected chi connectivity index (χ3v) is 5.30. The molecule has 0 fully saturated rings. The maximum absolute atomic E-state index is 12.8. The van der Waals surface area contributed by atoms with Gasteiger partial charge in [-0.1, -0.05) is 23.7 Å². The van der Waals surface area contributed by atoms with Gasteiger partial charge in [-0.3, -0.25) is 4.79 Å². The molecule has 0 saturated heterocycles. The molecule has 1 amide bonds. The van der Waals surface area contributed by atoms with Gasteiger partial charge < -0.3 is 29.1 Å². The molecule has 0 aliphatic heterocycles. The molecule has 0 spiro atoms. The molecule has 4 aromatic rings. The number of aliphatic hydroxyl groups excluding tert-OH is 1. The number of hydrogen-bond acceptors (Lipinski definition) is 7. The smallest absolute Gasteiger partial charge is 0.271 e. The molecule has 2 aromatic heterocycles. The molecule has 2 aromatic carbocycles. The van der Waals surface area contributed by atoms with Crippen LogP contribution in [0.1, 0.15) is 10.5 Å². The number of amides is 1. The second-order valence-corrected chi connectivity index (χ2v) is 7.89. The Hall–Kier alpha value is -3.95. The molecule has 0 bridgehead atoms. The standard InChI is InChI=1S/C25H24ClN3O6/c1-32-22-8-4-9-23(33-2)24(22)35-15-18(30)14-27-25(31)19-13-20(21-10-5-11-34-21)29(28-19)17-7-3-6-16(26)12-17/h3-13,18,30H,14-15H2,1-2H3,(H,27,31). The number of ether oxygens (including phenoxy) is 3. The summed E-state index contributed by atoms with van der Waals surface area (Å²) < 4.78 is 23.3. The summed E-state index contributed by atoms with van der Waals surface area (Å²) >= 11 is 6.14. The lowest BCUT2D eigenvalue weighted by Crippen LogP contribution is -2.35. The molecule has 1 unspecified atom stereocenters. The average molecular weight is 498 g/mol. The molecule has 182 valence electrons. The molecule has 0 aliphatic rings. The molecule has 9 nitrogen and oxygen atoms in total. The van der Waals surface area contributed by atoms with E-state index in [2.05, 4.69) is 10.4 Å². The van der Waals surface area contributed by atoms with E-state index >= 15 is 0 Å². The Labute approximate surface area is 206 Å². The lowest BCUT2D eigenvalue weighted by molar-refractivity contribution is 0.0829. The van der Waals surface area contributed by atoms with Crippen molar-refractivity contribution < 1.29 is 28.5 Å². The highest BCUT2D eigenvalue weighted by atomic mass is 35.5. The molecular formula is C25H24ClN3O6. The topological polar surface area (TPSA) is 108 Å². The predicted molar refractivity (Wildman–Crippen MR) is 130 cm³/mol. The van der Waals surface area contributed by atoms with E-state index in [0.29, 0.717) is 39.4 Å². The van der Waals surface area contributed by atoms with Crippen molar-refractivity contribution in [2.45, 2.75) is 6.10 Å². The van der Waals surface area contributed by atoms with Crippen LogP contribution in [0.3, 0.4) is 0 Å². The number of methoxy groups -OCH3 is 2. The van der Waals surface area contributed by atoms with Gasteiger partial charge in [-0.2, -0.15) is 5.10 Å². The second-order valence-electron chi connectivity index (χ2n) is 7.45. The first-order valence-corrected chi connectivity index (χ1v) is 11.1. The van der Waals surface area contributed by atoms with Gasteiger partial charge in [0.1, 0.15) is 18.4 Å². The van der Waals surface area contributed by atoms with Gasteiger partial charge >= 0.3 is 0 Å². The first-order chi connectivity index (χ1) is 17.0. The number of hydrogen-bond donors (Lipinski definition) is 2. The molecular weight excluding hydrogens is 474 g/mol. The largest absolute Gasteiger partial charge is 0.493 e. The van der Waals surface area contributed by atoms with Crippen molar-refractivity contribution in [1.29, 1.82) is 0 Å². The Kier molecular flexibility index (Phi) is 7.59. The van der Waals surface area contributed by atoms with Gasteiger partial charge in [0, 0.05) is 17.6 Å². The summed E-state index contributed by atoms with van der Waals surface area (Å²) in [6.07, 6.45) is 0.547. The van der Waals surface area contributed by atoms with E-state index in [1.165, 1.54) is 20.5 Å². The minimum Gasteiger partial charge on any atom is -0.493 e. The van der Waals surface area contributed by atoms with Gasteiger partial charge in [-0.15, -0.1) is 0 Å². The Morgan fingerprint density at radius 3 is 2.51 bits per heavy atom. The first-order valence-electron chi connectivity index (χ1n) is 10.7. The van der Waals surface area contributed by atoms with E-state index in [9.17, 15) is 9.90 Å². The number of benzene rings is 2. The zero-order valence-corrected chi connectivity index (χ0v) is 19.9. The van der Waals surface area contributed by atoms with Crippen LogP contribution >= 0.6 is 11.6 Å². The highest BCUT2D eigenvalue weighted by Crippen LogP contribution is 2.36. The number of halogens is 1. The lowest BCUT2D eigenvalue weighted by atomic mass is 10.2. The summed E-state index contributed by atoms with van der Waals surface area (Å²) in [4.78, 5) is 12.8. The minimum atomic E-state index is -0.992. The van der Waals surface area contributed by atoms with Crippen LogP contribution in [0.15, 0.2) is 71.3 Å². The van der Waals surface area contributed by atoms with Crippen molar-refractivity contribution in [3.8, 4) is 34.4 Å². The van der Waals surface area contributed by atoms with Gasteiger partial charge in [-0.25, -0.2) is 4.68 Å². The second kappa shape index (κ2) is 11.0. The van der Waals surface area contributed by atoms with E-state index in [1.54, 1.807) is 59.3 Å². The van der Waals surface area contributed by atoms with Crippen molar-refractivity contribution in [2.75, 3.05) is 27.4 Å². The first kappa shape index (κ1) is 24.2. The van der Waals surface area contributed by atoms with Crippen molar-refractivity contribution in [3.63, 3.8) is 0 Å². The summed E-state index contributed by atoms with van der Waals surface area (Å²) in [5.74, 6) is 1.38. The number of nitrogens with zero attached hydrogens (tertiary/aromatic N) is 2. The van der Waals surface area contributed by atoms with Gasteiger partial charge in [-0.05, 0) is 42.5 Å². The highest BCUT2D eigenvalue weighted by Gasteiger charge is 2.20. The molecule has 35 heavy (non-hydrogen) atoms. The molecule has 4 rings (SSSR count). The van der Waals surface area contributed by atoms with Crippen LogP contribution in [0, 0.1) is 0 Å². The van der Waals surface area contributed by atoms with E-state index in [-0.39, 0.29) is 18.8 Å². The fraction of sp³-hybridized carbons (Fsp3) is 0.200. The number of rotatable bonds is 10. The third kappa shape index (κ3) is 5.59. The fourth-order valence-corrected chi connectivity index (χ4v) is 3.58. The van der Waals surface area contributed by atoms with Crippen LogP contribution in [0.2, 0.25) is 5.02 Å². The van der Waals surface area contributed by atoms with E-state index in [4.69, 9.17) is 30.2 Å². The quantitative estimate of drug-likeness (QED) is 0.341. The van der Waals surface area contributed by atoms with Crippen LogP contribution in [0.5, 0.6) is 17.2 Å². The van der Waals surface area contributed by atoms with Gasteiger partial charge in [0.25, 0.3) is 5.91 Å². The number of carbonyl (C=O) groups is 1. The Morgan fingerprint density at radius 2 is 1.86 bits per heavy atom. The molecule has 2 N–H and O–H groups in total. The molecule has 0 aliphatic carbocycles. The third-order valence-electron chi connectivity index (χ3n) is 5.07. The van der Waals surface area contributed by atoms with E-state index < -0.39 is 12.0 Å². The number of para-hydroxylation sites is 1. The van der Waals surface area contributed by atoms with Crippen LogP contribution < -0.4 is 19.5 Å². The van der Waals surface area contributed by atoms with Crippen molar-refractivity contribution >= 4 is 17.5 Å². The zero-order valence-electron chi connectivity index (χ0n) is 19.1. The van der Waals surface area contributed by atoms with E-state index in [0.717, 1.165) is 0 Å². The molecule has 0 saturated carbocycles. The monoisotopic (exact) mass is 497 g/mol. The zero-order chi connectivity index (χ0) is 24.8. The number of nitrogens with one attached hydrogen (secondary N) is 1. The van der Waals surface area contributed by atoms with Crippen molar-refractivity contribution in [3.05, 3.63) is 77.6 Å². The van der Waals surface area contributed by atoms with Gasteiger partial charge in [0.05, 0.1) is 26.2 Å². The number of aromatic nitrogens is 2. The minimum absolute atomic E-state index is 0.0591. The SMILES string of the molecule is COc1cccc(OC)c1OCC(O)CNC(=O)c1cc(-c2ccco2)n(-c2cccc(Cl)c2)n1. The summed E-state index contributed by atoms with van der Waals surface area (Å²) in [6.45, 7) is -0.151. The summed E-state index contributed by atoms with van der Waals surface area (Å²) in [6, 6.07) is 17.4. The fourth-order valence-electron chi connectivity index (χ4n) is 3.40. The molecule has 10 heteroatoms. The van der Waals surface area contributed by atoms with Gasteiger partial charge in [0.2, 0.25) is 5.75 Å². The Balaban J connectivity index is 1.45. The summed E-state index contributed by atoms with van der Waals surface area (Å²) in [5.41, 5.74) is 1.40. The maximum Gasteiger partial charge on any atom is 0.271 e. The Bertz CT molecular complexity index is 1270. The van der Waals surface area contributed by atoms with Crippen LogP contribution in [-0.4, -0.2) is 54.3 Å². The number of aliphatic hydroxyl groups is 1. The van der Waals surface area contributed by atoms with Crippen LogP contribution in [-0.2, 0) is 0 Å². The van der Waals surface area contributed by atoms with Crippen LogP contribution in [0.25, 0.3) is 17.1 Å². The van der Waals surface area contributed by atoms with Crippen molar-refractivity contribution in [1.82, 2.24) is 15.1 Å². The lowest BCUT2D eigenvalue weighted by Gasteiger charge is -2.16. The molecule has 2 heterocycles. The van der Waals surface area contributed by atoms with Crippen LogP contribution in [0.4, 0.5) is 0 Å². The average Bonchev–Trinajstić information content (AvgIpc) is 3.56.